The van der Waals surface area contributed by atoms with Crippen LogP contribution in [0.1, 0.15) is 39.6 Å². The Morgan fingerprint density at radius 1 is 1.03 bits per heavy atom. The Hall–Kier alpha value is -4.00. The molecule has 4 nitrogen and oxygen atoms in total. The number of aromatic nitrogens is 1. The van der Waals surface area contributed by atoms with Gasteiger partial charge in [-0.3, -0.25) is 4.79 Å². The molecule has 4 aromatic rings. The summed E-state index contributed by atoms with van der Waals surface area (Å²) in [6.07, 6.45) is 0.161. The topological polar surface area (TPSA) is 45.3 Å². The highest BCUT2D eigenvalue weighted by Crippen LogP contribution is 2.40. The summed E-state index contributed by atoms with van der Waals surface area (Å²) in [7, 11) is 0. The van der Waals surface area contributed by atoms with E-state index < -0.39 is 11.7 Å². The molecule has 2 aliphatic heterocycles. The third kappa shape index (κ3) is 3.94. The predicted molar refractivity (Wildman–Crippen MR) is 132 cm³/mol. The summed E-state index contributed by atoms with van der Waals surface area (Å²) in [5, 5.41) is 1.16. The van der Waals surface area contributed by atoms with Crippen LogP contribution in [0, 0.1) is 0 Å². The van der Waals surface area contributed by atoms with Crippen molar-refractivity contribution in [3.8, 4) is 5.75 Å². The van der Waals surface area contributed by atoms with Gasteiger partial charge in [0.1, 0.15) is 5.75 Å². The van der Waals surface area contributed by atoms with E-state index in [1.54, 1.807) is 6.08 Å². The number of alkyl halides is 3. The van der Waals surface area contributed by atoms with Gasteiger partial charge >= 0.3 is 6.18 Å². The second kappa shape index (κ2) is 8.59. The molecule has 6 rings (SSSR count). The first-order valence-electron chi connectivity index (χ1n) is 11.9. The van der Waals surface area contributed by atoms with Crippen molar-refractivity contribution in [2.75, 3.05) is 13.2 Å². The summed E-state index contributed by atoms with van der Waals surface area (Å²) < 4.78 is 44.3. The minimum absolute atomic E-state index is 0.194. The number of hydrogen-bond acceptors (Lipinski definition) is 2. The molecule has 3 heterocycles. The SMILES string of the molecule is O=C(C=Cc1ccc(C(F)(F)F)cc1)N1CCc2c([nH]c3ccccc23)[C@H]1c1ccc2c(c1)CCO2. The van der Waals surface area contributed by atoms with Crippen molar-refractivity contribution in [1.29, 1.82) is 0 Å². The Balaban J connectivity index is 1.36. The van der Waals surface area contributed by atoms with Gasteiger partial charge < -0.3 is 14.6 Å². The van der Waals surface area contributed by atoms with E-state index in [9.17, 15) is 18.0 Å². The van der Waals surface area contributed by atoms with Crippen molar-refractivity contribution in [2.45, 2.75) is 25.1 Å². The lowest BCUT2D eigenvalue weighted by Crippen LogP contribution is -2.39. The fourth-order valence-corrected chi connectivity index (χ4v) is 5.25. The first kappa shape index (κ1) is 22.5. The molecule has 7 heteroatoms. The van der Waals surface area contributed by atoms with E-state index in [4.69, 9.17) is 4.74 Å². The molecular weight excluding hydrogens is 465 g/mol. The summed E-state index contributed by atoms with van der Waals surface area (Å²) in [6.45, 7) is 1.18. The zero-order valence-corrected chi connectivity index (χ0v) is 19.3. The Labute approximate surface area is 206 Å². The number of benzene rings is 3. The van der Waals surface area contributed by atoms with Gasteiger partial charge in [-0.1, -0.05) is 36.4 Å². The van der Waals surface area contributed by atoms with Crippen molar-refractivity contribution >= 4 is 22.9 Å². The van der Waals surface area contributed by atoms with Crippen molar-refractivity contribution in [3.05, 3.63) is 106 Å². The van der Waals surface area contributed by atoms with Gasteiger partial charge in [0.05, 0.1) is 18.2 Å². The van der Waals surface area contributed by atoms with Crippen molar-refractivity contribution < 1.29 is 22.7 Å². The van der Waals surface area contributed by atoms with Crippen LogP contribution in [0.3, 0.4) is 0 Å². The molecule has 0 fully saturated rings. The molecule has 0 bridgehead atoms. The fourth-order valence-electron chi connectivity index (χ4n) is 5.25. The molecule has 182 valence electrons. The van der Waals surface area contributed by atoms with Crippen LogP contribution in [0.25, 0.3) is 17.0 Å². The summed E-state index contributed by atoms with van der Waals surface area (Å²) in [4.78, 5) is 18.8. The van der Waals surface area contributed by atoms with Crippen LogP contribution in [0.15, 0.2) is 72.8 Å². The Morgan fingerprint density at radius 3 is 2.64 bits per heavy atom. The number of halogens is 3. The monoisotopic (exact) mass is 488 g/mol. The quantitative estimate of drug-likeness (QED) is 0.344. The number of hydrogen-bond donors (Lipinski definition) is 1. The van der Waals surface area contributed by atoms with Gasteiger partial charge in [-0.15, -0.1) is 0 Å². The molecule has 2 aliphatic rings. The number of nitrogens with zero attached hydrogens (tertiary/aromatic N) is 1. The number of ether oxygens (including phenoxy) is 1. The van der Waals surface area contributed by atoms with E-state index in [2.05, 4.69) is 17.1 Å². The molecule has 36 heavy (non-hydrogen) atoms. The highest BCUT2D eigenvalue weighted by Gasteiger charge is 2.34. The maximum atomic E-state index is 13.5. The molecule has 0 unspecified atom stereocenters. The second-order valence-electron chi connectivity index (χ2n) is 9.17. The Kier molecular flexibility index (Phi) is 5.36. The van der Waals surface area contributed by atoms with Crippen LogP contribution in [0.4, 0.5) is 13.2 Å². The Bertz CT molecular complexity index is 1480. The third-order valence-corrected chi connectivity index (χ3v) is 7.00. The van der Waals surface area contributed by atoms with Crippen LogP contribution >= 0.6 is 0 Å². The molecule has 0 aliphatic carbocycles. The molecule has 0 spiro atoms. The smallest absolute Gasteiger partial charge is 0.416 e. The van der Waals surface area contributed by atoms with Crippen LogP contribution in [0.2, 0.25) is 0 Å². The van der Waals surface area contributed by atoms with E-state index >= 15 is 0 Å². The highest BCUT2D eigenvalue weighted by atomic mass is 19.4. The zero-order chi connectivity index (χ0) is 24.9. The van der Waals surface area contributed by atoms with E-state index in [0.717, 1.165) is 52.0 Å². The van der Waals surface area contributed by atoms with Gasteiger partial charge in [-0.25, -0.2) is 0 Å². The highest BCUT2D eigenvalue weighted by molar-refractivity contribution is 5.93. The molecule has 1 N–H and O–H groups in total. The van der Waals surface area contributed by atoms with Crippen molar-refractivity contribution in [3.63, 3.8) is 0 Å². The van der Waals surface area contributed by atoms with E-state index in [0.29, 0.717) is 25.1 Å². The van der Waals surface area contributed by atoms with Crippen LogP contribution in [-0.2, 0) is 23.8 Å². The number of rotatable bonds is 3. The number of aromatic amines is 1. The molecule has 3 aromatic carbocycles. The average Bonchev–Trinajstić information content (AvgIpc) is 3.50. The minimum Gasteiger partial charge on any atom is -0.493 e. The lowest BCUT2D eigenvalue weighted by atomic mass is 9.91. The van der Waals surface area contributed by atoms with Crippen molar-refractivity contribution in [2.24, 2.45) is 0 Å². The van der Waals surface area contributed by atoms with E-state index in [1.165, 1.54) is 23.8 Å². The molecular formula is C29H23F3N2O2. The maximum absolute atomic E-state index is 13.5. The number of para-hydroxylation sites is 1. The van der Waals surface area contributed by atoms with Crippen molar-refractivity contribution in [1.82, 2.24) is 9.88 Å². The lowest BCUT2D eigenvalue weighted by molar-refractivity contribution is -0.137. The normalized spacial score (nSPS) is 17.3. The average molecular weight is 489 g/mol. The Morgan fingerprint density at radius 2 is 1.83 bits per heavy atom. The number of nitrogens with one attached hydrogen (secondary N) is 1. The first-order valence-corrected chi connectivity index (χ1v) is 11.9. The largest absolute Gasteiger partial charge is 0.493 e. The summed E-state index contributed by atoms with van der Waals surface area (Å²) in [6, 6.07) is 18.7. The van der Waals surface area contributed by atoms with Gasteiger partial charge in [0.15, 0.2) is 0 Å². The molecule has 0 saturated heterocycles. The van der Waals surface area contributed by atoms with Gasteiger partial charge in [0.25, 0.3) is 0 Å². The summed E-state index contributed by atoms with van der Waals surface area (Å²) in [5.41, 5.74) is 5.19. The van der Waals surface area contributed by atoms with Gasteiger partial charge in [-0.05, 0) is 65.1 Å². The van der Waals surface area contributed by atoms with E-state index in [1.807, 2.05) is 35.2 Å². The number of carbonyl (C=O) groups excluding carboxylic acids is 1. The maximum Gasteiger partial charge on any atom is 0.416 e. The molecule has 0 saturated carbocycles. The summed E-state index contributed by atoms with van der Waals surface area (Å²) >= 11 is 0. The standard InChI is InChI=1S/C29H23F3N2O2/c30-29(31,32)21-9-5-18(6-10-21)7-12-26(35)34-15-13-23-22-3-1-2-4-24(22)33-27(23)28(34)20-8-11-25-19(17-20)14-16-36-25/h1-12,17,28,33H,13-16H2/t28-/m1/s1. The minimum atomic E-state index is -4.39. The van der Waals surface area contributed by atoms with Crippen LogP contribution < -0.4 is 4.74 Å². The number of amides is 1. The van der Waals surface area contributed by atoms with Crippen LogP contribution in [-0.4, -0.2) is 28.9 Å². The number of carbonyl (C=O) groups is 1. The predicted octanol–water partition coefficient (Wildman–Crippen LogP) is 6.31. The second-order valence-corrected chi connectivity index (χ2v) is 9.17. The van der Waals surface area contributed by atoms with Crippen LogP contribution in [0.5, 0.6) is 5.75 Å². The zero-order valence-electron chi connectivity index (χ0n) is 19.3. The molecule has 1 amide bonds. The molecule has 0 radical (unpaired) electrons. The number of fused-ring (bicyclic) bond motifs is 4. The first-order chi connectivity index (χ1) is 17.4. The van der Waals surface area contributed by atoms with Gasteiger partial charge in [0, 0.05) is 35.6 Å². The molecule has 1 aromatic heterocycles. The van der Waals surface area contributed by atoms with Gasteiger partial charge in [-0.2, -0.15) is 13.2 Å². The van der Waals surface area contributed by atoms with Gasteiger partial charge in [0.2, 0.25) is 5.91 Å². The third-order valence-electron chi connectivity index (χ3n) is 7.00. The number of H-pyrrole nitrogens is 1. The van der Waals surface area contributed by atoms with E-state index in [-0.39, 0.29) is 11.9 Å². The summed E-state index contributed by atoms with van der Waals surface area (Å²) in [5.74, 6) is 0.687. The molecule has 1 atom stereocenters. The lowest BCUT2D eigenvalue weighted by Gasteiger charge is -2.36. The fraction of sp³-hybridized carbons (Fsp3) is 0.207.